The molecule has 2 heterocycles. The van der Waals surface area contributed by atoms with E-state index >= 15 is 0 Å². The Morgan fingerprint density at radius 2 is 1.95 bits per heavy atom. The van der Waals surface area contributed by atoms with E-state index in [2.05, 4.69) is 16.5 Å². The van der Waals surface area contributed by atoms with E-state index in [0.717, 1.165) is 47.7 Å². The number of urea groups is 1. The first kappa shape index (κ1) is 14.6. The number of aryl methyl sites for hydroxylation is 3. The van der Waals surface area contributed by atoms with E-state index in [1.54, 1.807) is 0 Å². The van der Waals surface area contributed by atoms with E-state index in [9.17, 15) is 4.79 Å². The summed E-state index contributed by atoms with van der Waals surface area (Å²) in [4.78, 5) is 14.4. The van der Waals surface area contributed by atoms with Crippen LogP contribution in [-0.2, 0) is 0 Å². The maximum atomic E-state index is 12.6. The Hall–Kier alpha value is -2.30. The minimum absolute atomic E-state index is 0.0212. The second-order valence-corrected chi connectivity index (χ2v) is 6.03. The van der Waals surface area contributed by atoms with Gasteiger partial charge in [-0.05, 0) is 56.9 Å². The average molecular weight is 299 g/mol. The monoisotopic (exact) mass is 299 g/mol. The fourth-order valence-corrected chi connectivity index (χ4v) is 3.09. The molecular weight excluding hydrogens is 278 g/mol. The van der Waals surface area contributed by atoms with Gasteiger partial charge in [0.2, 0.25) is 0 Å². The molecule has 0 unspecified atom stereocenters. The lowest BCUT2D eigenvalue weighted by molar-refractivity contribution is 0.195. The van der Waals surface area contributed by atoms with E-state index in [0.29, 0.717) is 0 Å². The van der Waals surface area contributed by atoms with Crippen molar-refractivity contribution in [2.24, 2.45) is 0 Å². The Balaban J connectivity index is 1.76. The van der Waals surface area contributed by atoms with Gasteiger partial charge in [-0.2, -0.15) is 0 Å². The lowest BCUT2D eigenvalue weighted by Crippen LogP contribution is -2.34. The number of carbonyl (C=O) groups excluding carboxylic acids is 1. The van der Waals surface area contributed by atoms with Crippen LogP contribution in [-0.4, -0.2) is 22.6 Å². The van der Waals surface area contributed by atoms with Crippen molar-refractivity contribution in [3.8, 4) is 0 Å². The summed E-state index contributed by atoms with van der Waals surface area (Å²) in [5.74, 6) is 0.769. The molecule has 1 saturated heterocycles. The number of hydrogen-bond donors (Lipinski definition) is 1. The molecule has 0 saturated carbocycles. The van der Waals surface area contributed by atoms with Gasteiger partial charge in [0.25, 0.3) is 0 Å². The quantitative estimate of drug-likeness (QED) is 0.912. The van der Waals surface area contributed by atoms with Crippen LogP contribution in [0, 0.1) is 20.8 Å². The molecule has 1 aliphatic heterocycles. The van der Waals surface area contributed by atoms with Crippen LogP contribution in [0.4, 0.5) is 10.5 Å². The SMILES string of the molecule is Cc1cc(C)cc(NC(=O)N2CCC[C@@H]2c2cc(C)no2)c1. The van der Waals surface area contributed by atoms with Gasteiger partial charge in [-0.15, -0.1) is 0 Å². The zero-order valence-electron chi connectivity index (χ0n) is 13.2. The highest BCUT2D eigenvalue weighted by molar-refractivity contribution is 5.90. The van der Waals surface area contributed by atoms with E-state index in [1.165, 1.54) is 0 Å². The number of benzene rings is 1. The van der Waals surface area contributed by atoms with E-state index < -0.39 is 0 Å². The Bertz CT molecular complexity index is 673. The largest absolute Gasteiger partial charge is 0.359 e. The van der Waals surface area contributed by atoms with Crippen molar-refractivity contribution in [2.75, 3.05) is 11.9 Å². The van der Waals surface area contributed by atoms with Crippen molar-refractivity contribution in [2.45, 2.75) is 39.7 Å². The third-order valence-electron chi connectivity index (χ3n) is 3.96. The molecule has 3 rings (SSSR count). The van der Waals surface area contributed by atoms with Gasteiger partial charge >= 0.3 is 6.03 Å². The zero-order valence-corrected chi connectivity index (χ0v) is 13.2. The van der Waals surface area contributed by atoms with Gasteiger partial charge in [0, 0.05) is 18.3 Å². The fraction of sp³-hybridized carbons (Fsp3) is 0.412. The topological polar surface area (TPSA) is 58.4 Å². The highest BCUT2D eigenvalue weighted by Gasteiger charge is 2.32. The van der Waals surface area contributed by atoms with Crippen LogP contribution in [0.15, 0.2) is 28.8 Å². The first-order valence-corrected chi connectivity index (χ1v) is 7.62. The molecule has 22 heavy (non-hydrogen) atoms. The number of likely N-dealkylation sites (tertiary alicyclic amines) is 1. The third-order valence-corrected chi connectivity index (χ3v) is 3.96. The Kier molecular flexibility index (Phi) is 3.88. The van der Waals surface area contributed by atoms with Gasteiger partial charge in [-0.3, -0.25) is 0 Å². The van der Waals surface area contributed by atoms with Crippen molar-refractivity contribution in [3.05, 3.63) is 46.8 Å². The van der Waals surface area contributed by atoms with Crippen molar-refractivity contribution < 1.29 is 9.32 Å². The summed E-state index contributed by atoms with van der Waals surface area (Å²) in [5.41, 5.74) is 3.96. The first-order chi connectivity index (χ1) is 10.5. The molecule has 0 aliphatic carbocycles. The normalized spacial score (nSPS) is 17.8. The van der Waals surface area contributed by atoms with Crippen LogP contribution in [0.25, 0.3) is 0 Å². The molecule has 1 N–H and O–H groups in total. The number of carbonyl (C=O) groups is 1. The zero-order chi connectivity index (χ0) is 15.7. The summed E-state index contributed by atoms with van der Waals surface area (Å²) in [6, 6.07) is 7.86. The molecule has 2 aromatic rings. The fourth-order valence-electron chi connectivity index (χ4n) is 3.09. The van der Waals surface area contributed by atoms with Crippen molar-refractivity contribution >= 4 is 11.7 Å². The van der Waals surface area contributed by atoms with Gasteiger partial charge in [-0.1, -0.05) is 11.2 Å². The standard InChI is InChI=1S/C17H21N3O2/c1-11-7-12(2)9-14(8-11)18-17(21)20-6-4-5-15(20)16-10-13(3)19-22-16/h7-10,15H,4-6H2,1-3H3,(H,18,21)/t15-/m1/s1. The molecule has 1 aliphatic rings. The molecule has 116 valence electrons. The summed E-state index contributed by atoms with van der Waals surface area (Å²) in [5, 5.41) is 6.93. The molecule has 2 amide bonds. The van der Waals surface area contributed by atoms with Crippen LogP contribution in [0.5, 0.6) is 0 Å². The Morgan fingerprint density at radius 3 is 2.59 bits per heavy atom. The van der Waals surface area contributed by atoms with Gasteiger partial charge < -0.3 is 14.7 Å². The minimum Gasteiger partial charge on any atom is -0.359 e. The predicted octanol–water partition coefficient (Wildman–Crippen LogP) is 3.97. The summed E-state index contributed by atoms with van der Waals surface area (Å²) in [6.07, 6.45) is 1.89. The van der Waals surface area contributed by atoms with Crippen LogP contribution >= 0.6 is 0 Å². The number of anilines is 1. The lowest BCUT2D eigenvalue weighted by atomic mass is 10.1. The first-order valence-electron chi connectivity index (χ1n) is 7.62. The van der Waals surface area contributed by atoms with Crippen LogP contribution in [0.2, 0.25) is 0 Å². The van der Waals surface area contributed by atoms with Gasteiger partial charge in [0.05, 0.1) is 11.7 Å². The smallest absolute Gasteiger partial charge is 0.322 e. The van der Waals surface area contributed by atoms with Crippen LogP contribution in [0.3, 0.4) is 0 Å². The second-order valence-electron chi connectivity index (χ2n) is 6.03. The molecule has 1 atom stereocenters. The molecule has 5 nitrogen and oxygen atoms in total. The highest BCUT2D eigenvalue weighted by Crippen LogP contribution is 2.32. The van der Waals surface area contributed by atoms with Crippen LogP contribution in [0.1, 0.15) is 41.5 Å². The summed E-state index contributed by atoms with van der Waals surface area (Å²) >= 11 is 0. The van der Waals surface area contributed by atoms with E-state index in [4.69, 9.17) is 4.52 Å². The third kappa shape index (κ3) is 2.98. The highest BCUT2D eigenvalue weighted by atomic mass is 16.5. The average Bonchev–Trinajstić information content (AvgIpc) is 3.05. The number of amides is 2. The van der Waals surface area contributed by atoms with Crippen molar-refractivity contribution in [1.82, 2.24) is 10.1 Å². The minimum atomic E-state index is -0.0819. The molecule has 1 fully saturated rings. The van der Waals surface area contributed by atoms with Gasteiger partial charge in [0.1, 0.15) is 0 Å². The molecular formula is C17H21N3O2. The number of aromatic nitrogens is 1. The summed E-state index contributed by atoms with van der Waals surface area (Å²) in [6.45, 7) is 6.68. The van der Waals surface area contributed by atoms with Gasteiger partial charge in [0.15, 0.2) is 5.76 Å². The van der Waals surface area contributed by atoms with E-state index in [1.807, 2.05) is 43.9 Å². The second kappa shape index (κ2) is 5.83. The van der Waals surface area contributed by atoms with Crippen LogP contribution < -0.4 is 5.32 Å². The molecule has 1 aromatic carbocycles. The maximum Gasteiger partial charge on any atom is 0.322 e. The Morgan fingerprint density at radius 1 is 1.23 bits per heavy atom. The van der Waals surface area contributed by atoms with E-state index in [-0.39, 0.29) is 12.1 Å². The van der Waals surface area contributed by atoms with Crippen molar-refractivity contribution in [3.63, 3.8) is 0 Å². The molecule has 0 bridgehead atoms. The lowest BCUT2D eigenvalue weighted by Gasteiger charge is -2.23. The van der Waals surface area contributed by atoms with Crippen molar-refractivity contribution in [1.29, 1.82) is 0 Å². The summed E-state index contributed by atoms with van der Waals surface area (Å²) in [7, 11) is 0. The molecule has 5 heteroatoms. The maximum absolute atomic E-state index is 12.6. The number of nitrogens with zero attached hydrogens (tertiary/aromatic N) is 2. The number of nitrogens with one attached hydrogen (secondary N) is 1. The summed E-state index contributed by atoms with van der Waals surface area (Å²) < 4.78 is 5.35. The predicted molar refractivity (Wildman–Crippen MR) is 84.9 cm³/mol. The molecule has 0 spiro atoms. The molecule has 1 aromatic heterocycles. The van der Waals surface area contributed by atoms with Gasteiger partial charge in [-0.25, -0.2) is 4.79 Å². The molecule has 0 radical (unpaired) electrons. The number of hydrogen-bond acceptors (Lipinski definition) is 3. The Labute approximate surface area is 130 Å². The number of rotatable bonds is 2.